The lowest BCUT2D eigenvalue weighted by Crippen LogP contribution is -2.29. The second-order valence-corrected chi connectivity index (χ2v) is 28.0. The molecule has 0 aromatic carbocycles. The molecule has 0 radical (unpaired) electrons. The van der Waals surface area contributed by atoms with Crippen LogP contribution < -0.4 is 5.73 Å². The van der Waals surface area contributed by atoms with E-state index in [0.717, 1.165) is 83.5 Å². The fraction of sp³-hybridized carbons (Fsp3) is 0.783. The molecule has 0 aliphatic heterocycles. The maximum Gasteiger partial charge on any atom is 0.472 e. The standard InChI is InChI=1S/C83H150NO8P/c1-3-5-7-9-11-13-15-17-19-21-23-25-27-29-31-33-35-37-38-39-40-41-42-44-45-47-49-51-53-55-57-59-61-63-65-67-69-71-73-75-82(85)89-79-81(80-91-93(87,88)90-78-77-84)92-83(86)76-74-72-70-68-66-64-62-60-58-56-54-52-50-48-46-43-36-34-32-30-28-26-24-22-20-18-16-14-12-10-8-6-4-2/h6,8,12,14-15,17-18,20-21,23-24,26-27,29-30,32,81H,3-5,7,9-11,13,16,19,22,25,28,31,33-80,84H2,1-2H3,(H,87,88)/b8-6-,14-12-,17-15-,20-18-,23-21-,26-24-,29-27-,32-30-. The van der Waals surface area contributed by atoms with Crippen LogP contribution in [0, 0.1) is 0 Å². The van der Waals surface area contributed by atoms with Gasteiger partial charge in [-0.05, 0) is 96.3 Å². The van der Waals surface area contributed by atoms with Crippen molar-refractivity contribution in [1.29, 1.82) is 0 Å². The van der Waals surface area contributed by atoms with Crippen molar-refractivity contribution in [2.75, 3.05) is 26.4 Å². The molecule has 0 aromatic rings. The molecule has 0 saturated heterocycles. The summed E-state index contributed by atoms with van der Waals surface area (Å²) in [6.07, 6.45) is 107. The van der Waals surface area contributed by atoms with Crippen LogP contribution in [0.2, 0.25) is 0 Å². The van der Waals surface area contributed by atoms with E-state index < -0.39 is 26.5 Å². The number of rotatable bonds is 75. The number of nitrogens with two attached hydrogens (primary N) is 1. The van der Waals surface area contributed by atoms with Gasteiger partial charge in [0.05, 0.1) is 13.2 Å². The second-order valence-electron chi connectivity index (χ2n) is 26.6. The summed E-state index contributed by atoms with van der Waals surface area (Å²) in [7, 11) is -4.40. The predicted molar refractivity (Wildman–Crippen MR) is 404 cm³/mol. The lowest BCUT2D eigenvalue weighted by Gasteiger charge is -2.19. The summed E-state index contributed by atoms with van der Waals surface area (Å²) in [5.74, 6) is -0.810. The third-order valence-corrected chi connectivity index (χ3v) is 18.4. The van der Waals surface area contributed by atoms with Gasteiger partial charge in [-0.3, -0.25) is 18.6 Å². The number of unbranched alkanes of at least 4 members (excludes halogenated alkanes) is 46. The first kappa shape index (κ1) is 89.9. The van der Waals surface area contributed by atoms with Gasteiger partial charge in [0.1, 0.15) is 6.61 Å². The van der Waals surface area contributed by atoms with Gasteiger partial charge in [-0.25, -0.2) is 4.57 Å². The molecule has 0 aliphatic rings. The van der Waals surface area contributed by atoms with E-state index in [2.05, 4.69) is 111 Å². The molecule has 0 aliphatic carbocycles. The molecule has 9 nitrogen and oxygen atoms in total. The Balaban J connectivity index is 3.78. The molecule has 0 saturated carbocycles. The van der Waals surface area contributed by atoms with Gasteiger partial charge >= 0.3 is 19.8 Å². The zero-order valence-electron chi connectivity index (χ0n) is 61.0. The lowest BCUT2D eigenvalue weighted by molar-refractivity contribution is -0.161. The Morgan fingerprint density at radius 2 is 0.591 bits per heavy atom. The normalized spacial score (nSPS) is 13.4. The highest BCUT2D eigenvalue weighted by atomic mass is 31.2. The molecule has 93 heavy (non-hydrogen) atoms. The summed E-state index contributed by atoms with van der Waals surface area (Å²) in [6, 6.07) is 0. The number of phosphoric acid groups is 1. The van der Waals surface area contributed by atoms with E-state index in [0.29, 0.717) is 6.42 Å². The van der Waals surface area contributed by atoms with E-state index in [9.17, 15) is 19.0 Å². The highest BCUT2D eigenvalue weighted by molar-refractivity contribution is 7.47. The largest absolute Gasteiger partial charge is 0.472 e. The highest BCUT2D eigenvalue weighted by Crippen LogP contribution is 2.43. The quantitative estimate of drug-likeness (QED) is 0.0264. The minimum Gasteiger partial charge on any atom is -0.462 e. The number of ether oxygens (including phenoxy) is 2. The zero-order chi connectivity index (χ0) is 67.2. The van der Waals surface area contributed by atoms with Gasteiger partial charge in [0.15, 0.2) is 6.10 Å². The summed E-state index contributed by atoms with van der Waals surface area (Å²) in [5, 5.41) is 0. The number of hydrogen-bond donors (Lipinski definition) is 2. The minimum atomic E-state index is -4.40. The van der Waals surface area contributed by atoms with Crippen molar-refractivity contribution in [3.8, 4) is 0 Å². The monoisotopic (exact) mass is 1320 g/mol. The average molecular weight is 1320 g/mol. The Kier molecular flexibility index (Phi) is 75.4. The number of esters is 2. The molecule has 0 amide bonds. The summed E-state index contributed by atoms with van der Waals surface area (Å²) >= 11 is 0. The van der Waals surface area contributed by atoms with E-state index in [1.165, 1.54) is 270 Å². The topological polar surface area (TPSA) is 134 Å². The molecule has 2 unspecified atom stereocenters. The molecule has 0 rings (SSSR count). The Morgan fingerprint density at radius 1 is 0.333 bits per heavy atom. The summed E-state index contributed by atoms with van der Waals surface area (Å²) in [4.78, 5) is 35.5. The van der Waals surface area contributed by atoms with E-state index in [4.69, 9.17) is 24.3 Å². The van der Waals surface area contributed by atoms with Crippen molar-refractivity contribution in [2.24, 2.45) is 5.73 Å². The molecule has 10 heteroatoms. The van der Waals surface area contributed by atoms with E-state index in [1.807, 2.05) is 0 Å². The number of carbonyl (C=O) groups excluding carboxylic acids is 2. The van der Waals surface area contributed by atoms with Gasteiger partial charge in [-0.2, -0.15) is 0 Å². The van der Waals surface area contributed by atoms with Crippen molar-refractivity contribution in [3.63, 3.8) is 0 Å². The number of allylic oxidation sites excluding steroid dienone is 16. The third-order valence-electron chi connectivity index (χ3n) is 17.5. The summed E-state index contributed by atoms with van der Waals surface area (Å²) in [6.45, 7) is 3.67. The minimum absolute atomic E-state index is 0.0530. The molecule has 0 spiro atoms. The van der Waals surface area contributed by atoms with E-state index in [1.54, 1.807) is 0 Å². The molecular formula is C83H150NO8P. The molecule has 0 fully saturated rings. The first-order valence-electron chi connectivity index (χ1n) is 39.7. The van der Waals surface area contributed by atoms with Gasteiger partial charge < -0.3 is 20.1 Å². The van der Waals surface area contributed by atoms with Crippen molar-refractivity contribution < 1.29 is 37.6 Å². The van der Waals surface area contributed by atoms with Crippen LogP contribution in [0.4, 0.5) is 0 Å². The third kappa shape index (κ3) is 77.8. The Hall–Kier alpha value is -3.07. The molecule has 0 bridgehead atoms. The van der Waals surface area contributed by atoms with Crippen LogP contribution >= 0.6 is 7.82 Å². The zero-order valence-corrected chi connectivity index (χ0v) is 61.9. The molecule has 0 heterocycles. The first-order valence-corrected chi connectivity index (χ1v) is 41.2. The van der Waals surface area contributed by atoms with Crippen molar-refractivity contribution in [1.82, 2.24) is 0 Å². The SMILES string of the molecule is CC/C=C\C/C=C\C/C=C\C/C=C\C/C=C\CCCCCCCCCCCCCCCCCCCC(=O)OC(COC(=O)CCCCCCCCCCCCCCCCCCCCCCCCCC/C=C\C/C=C\C/C=C\CCCCCCC)COP(=O)(O)OCCN. The van der Waals surface area contributed by atoms with Crippen molar-refractivity contribution >= 4 is 19.8 Å². The summed E-state index contributed by atoms with van der Waals surface area (Å²) < 4.78 is 33.3. The van der Waals surface area contributed by atoms with Gasteiger partial charge in [0, 0.05) is 19.4 Å². The van der Waals surface area contributed by atoms with Crippen LogP contribution in [0.5, 0.6) is 0 Å². The van der Waals surface area contributed by atoms with Gasteiger partial charge in [-0.1, -0.05) is 374 Å². The van der Waals surface area contributed by atoms with Crippen LogP contribution in [-0.4, -0.2) is 49.3 Å². The maximum absolute atomic E-state index is 12.8. The second kappa shape index (κ2) is 77.9. The highest BCUT2D eigenvalue weighted by Gasteiger charge is 2.26. The molecular weight excluding hydrogens is 1170 g/mol. The van der Waals surface area contributed by atoms with Gasteiger partial charge in [0.2, 0.25) is 0 Å². The average Bonchev–Trinajstić information content (AvgIpc) is 3.32. The molecule has 2 atom stereocenters. The molecule has 3 N–H and O–H groups in total. The Morgan fingerprint density at radius 3 is 0.882 bits per heavy atom. The Bertz CT molecular complexity index is 1850. The van der Waals surface area contributed by atoms with E-state index in [-0.39, 0.29) is 38.6 Å². The number of phosphoric ester groups is 1. The van der Waals surface area contributed by atoms with Crippen LogP contribution in [-0.2, 0) is 32.7 Å². The van der Waals surface area contributed by atoms with Crippen molar-refractivity contribution in [2.45, 2.75) is 392 Å². The fourth-order valence-corrected chi connectivity index (χ4v) is 12.4. The molecule has 0 aromatic heterocycles. The van der Waals surface area contributed by atoms with Gasteiger partial charge in [0.25, 0.3) is 0 Å². The van der Waals surface area contributed by atoms with Crippen LogP contribution in [0.1, 0.15) is 386 Å². The molecule has 540 valence electrons. The smallest absolute Gasteiger partial charge is 0.462 e. The fourth-order valence-electron chi connectivity index (χ4n) is 11.6. The Labute approximate surface area is 576 Å². The number of carbonyl (C=O) groups is 2. The van der Waals surface area contributed by atoms with Crippen LogP contribution in [0.25, 0.3) is 0 Å². The summed E-state index contributed by atoms with van der Waals surface area (Å²) in [5.41, 5.74) is 5.42. The predicted octanol–water partition coefficient (Wildman–Crippen LogP) is 26.6. The van der Waals surface area contributed by atoms with E-state index >= 15 is 0 Å². The van der Waals surface area contributed by atoms with Crippen LogP contribution in [0.3, 0.4) is 0 Å². The van der Waals surface area contributed by atoms with Crippen LogP contribution in [0.15, 0.2) is 97.2 Å². The lowest BCUT2D eigenvalue weighted by atomic mass is 10.0. The first-order chi connectivity index (χ1) is 45.8. The number of hydrogen-bond acceptors (Lipinski definition) is 8. The maximum atomic E-state index is 12.8. The van der Waals surface area contributed by atoms with Crippen molar-refractivity contribution in [3.05, 3.63) is 97.2 Å². The van der Waals surface area contributed by atoms with Gasteiger partial charge in [-0.15, -0.1) is 0 Å².